The molecule has 0 radical (unpaired) electrons. The Kier molecular flexibility index (Phi) is 9.49. The van der Waals surface area contributed by atoms with E-state index in [1.54, 1.807) is 6.26 Å². The van der Waals surface area contributed by atoms with Crippen molar-refractivity contribution in [1.29, 1.82) is 0 Å². The van der Waals surface area contributed by atoms with Crippen molar-refractivity contribution >= 4 is 29.9 Å². The van der Waals surface area contributed by atoms with Crippen LogP contribution in [0.5, 0.6) is 0 Å². The van der Waals surface area contributed by atoms with Gasteiger partial charge in [-0.3, -0.25) is 0 Å². The van der Waals surface area contributed by atoms with Gasteiger partial charge in [-0.2, -0.15) is 0 Å². The van der Waals surface area contributed by atoms with Crippen LogP contribution in [0, 0.1) is 0 Å². The largest absolute Gasteiger partial charge is 0.467 e. The Balaban J connectivity index is 0.00000220. The molecule has 1 aliphatic rings. The number of hydrogen-bond acceptors (Lipinski definition) is 3. The van der Waals surface area contributed by atoms with Crippen LogP contribution < -0.4 is 10.6 Å². The van der Waals surface area contributed by atoms with Gasteiger partial charge in [0.05, 0.1) is 6.26 Å². The molecule has 0 aliphatic carbocycles. The lowest BCUT2D eigenvalue weighted by molar-refractivity contribution is 0.334. The van der Waals surface area contributed by atoms with Gasteiger partial charge in [-0.05, 0) is 58.0 Å². The van der Waals surface area contributed by atoms with Crippen molar-refractivity contribution in [2.75, 3.05) is 32.7 Å². The molecule has 0 saturated carbocycles. The first-order valence-electron chi connectivity index (χ1n) is 7.65. The fraction of sp³-hybridized carbons (Fsp3) is 0.667. The number of rotatable bonds is 7. The molecule has 0 bridgehead atoms. The van der Waals surface area contributed by atoms with Crippen LogP contribution in [-0.4, -0.2) is 43.6 Å². The summed E-state index contributed by atoms with van der Waals surface area (Å²) in [6.07, 6.45) is 5.56. The zero-order valence-corrected chi connectivity index (χ0v) is 15.1. The minimum atomic E-state index is 0. The fourth-order valence-corrected chi connectivity index (χ4v) is 2.42. The smallest absolute Gasteiger partial charge is 0.191 e. The van der Waals surface area contributed by atoms with E-state index in [9.17, 15) is 0 Å². The van der Waals surface area contributed by atoms with E-state index >= 15 is 0 Å². The second kappa shape index (κ2) is 10.9. The Morgan fingerprint density at radius 2 is 2.14 bits per heavy atom. The third kappa shape index (κ3) is 7.17. The molecule has 120 valence electrons. The summed E-state index contributed by atoms with van der Waals surface area (Å²) >= 11 is 0. The van der Waals surface area contributed by atoms with E-state index in [0.29, 0.717) is 6.54 Å². The number of aliphatic imine (C=N–C) groups is 1. The van der Waals surface area contributed by atoms with Gasteiger partial charge < -0.3 is 20.0 Å². The lowest BCUT2D eigenvalue weighted by atomic mass is 10.4. The Morgan fingerprint density at radius 3 is 2.81 bits per heavy atom. The number of likely N-dealkylation sites (tertiary alicyclic amines) is 1. The fourth-order valence-electron chi connectivity index (χ4n) is 2.42. The summed E-state index contributed by atoms with van der Waals surface area (Å²) in [7, 11) is 0. The molecule has 2 N–H and O–H groups in total. The van der Waals surface area contributed by atoms with E-state index < -0.39 is 0 Å². The predicted molar refractivity (Wildman–Crippen MR) is 97.2 cm³/mol. The van der Waals surface area contributed by atoms with Gasteiger partial charge in [0.15, 0.2) is 5.96 Å². The van der Waals surface area contributed by atoms with E-state index in [1.807, 2.05) is 12.1 Å². The molecule has 0 spiro atoms. The van der Waals surface area contributed by atoms with Gasteiger partial charge in [-0.15, -0.1) is 24.0 Å². The van der Waals surface area contributed by atoms with Crippen molar-refractivity contribution in [3.05, 3.63) is 24.2 Å². The van der Waals surface area contributed by atoms with E-state index in [-0.39, 0.29) is 24.0 Å². The highest BCUT2D eigenvalue weighted by Crippen LogP contribution is 2.06. The molecule has 2 heterocycles. The summed E-state index contributed by atoms with van der Waals surface area (Å²) in [5.41, 5.74) is 0. The molecule has 0 aromatic carbocycles. The molecule has 21 heavy (non-hydrogen) atoms. The second-order valence-corrected chi connectivity index (χ2v) is 5.10. The molecule has 0 amide bonds. The molecular formula is C15H27IN4O. The van der Waals surface area contributed by atoms with Crippen LogP contribution in [-0.2, 0) is 6.54 Å². The van der Waals surface area contributed by atoms with Crippen molar-refractivity contribution in [2.45, 2.75) is 32.7 Å². The van der Waals surface area contributed by atoms with Crippen molar-refractivity contribution in [2.24, 2.45) is 4.99 Å². The number of nitrogens with zero attached hydrogens (tertiary/aromatic N) is 2. The lowest BCUT2D eigenvalue weighted by Crippen LogP contribution is -2.38. The SMILES string of the molecule is CCNC(=NCc1ccco1)NCCCN1CCCC1.I. The second-order valence-electron chi connectivity index (χ2n) is 5.10. The first-order chi connectivity index (χ1) is 9.88. The third-order valence-corrected chi connectivity index (χ3v) is 3.46. The minimum absolute atomic E-state index is 0. The summed E-state index contributed by atoms with van der Waals surface area (Å²) in [6.45, 7) is 8.21. The van der Waals surface area contributed by atoms with Gasteiger partial charge in [-0.1, -0.05) is 0 Å². The minimum Gasteiger partial charge on any atom is -0.467 e. The zero-order valence-electron chi connectivity index (χ0n) is 12.8. The average molecular weight is 406 g/mol. The van der Waals surface area contributed by atoms with Gasteiger partial charge in [0.25, 0.3) is 0 Å². The van der Waals surface area contributed by atoms with Crippen molar-refractivity contribution in [1.82, 2.24) is 15.5 Å². The van der Waals surface area contributed by atoms with E-state index in [1.165, 1.54) is 32.5 Å². The summed E-state index contributed by atoms with van der Waals surface area (Å²) in [6, 6.07) is 3.84. The monoisotopic (exact) mass is 406 g/mol. The van der Waals surface area contributed by atoms with Gasteiger partial charge in [0, 0.05) is 13.1 Å². The Morgan fingerprint density at radius 1 is 1.33 bits per heavy atom. The first kappa shape index (κ1) is 18.3. The normalized spacial score (nSPS) is 15.8. The molecule has 2 rings (SSSR count). The maximum atomic E-state index is 5.29. The van der Waals surface area contributed by atoms with E-state index in [4.69, 9.17) is 4.42 Å². The molecule has 1 aromatic rings. The van der Waals surface area contributed by atoms with Gasteiger partial charge in [0.2, 0.25) is 0 Å². The highest BCUT2D eigenvalue weighted by atomic mass is 127. The van der Waals surface area contributed by atoms with Gasteiger partial charge in [-0.25, -0.2) is 4.99 Å². The topological polar surface area (TPSA) is 52.8 Å². The Bertz CT molecular complexity index is 388. The van der Waals surface area contributed by atoms with Crippen LogP contribution in [0.4, 0.5) is 0 Å². The van der Waals surface area contributed by atoms with Crippen molar-refractivity contribution in [3.8, 4) is 0 Å². The molecular weight excluding hydrogens is 379 g/mol. The van der Waals surface area contributed by atoms with E-state index in [2.05, 4.69) is 27.4 Å². The quantitative estimate of drug-likeness (QED) is 0.316. The lowest BCUT2D eigenvalue weighted by Gasteiger charge is -2.15. The molecule has 5 nitrogen and oxygen atoms in total. The van der Waals surface area contributed by atoms with Crippen LogP contribution >= 0.6 is 24.0 Å². The van der Waals surface area contributed by atoms with Crippen molar-refractivity contribution < 1.29 is 4.42 Å². The van der Waals surface area contributed by atoms with Crippen LogP contribution in [0.3, 0.4) is 0 Å². The number of furan rings is 1. The maximum Gasteiger partial charge on any atom is 0.191 e. The zero-order chi connectivity index (χ0) is 14.0. The summed E-state index contributed by atoms with van der Waals surface area (Å²) in [5.74, 6) is 1.75. The molecule has 6 heteroatoms. The highest BCUT2D eigenvalue weighted by Gasteiger charge is 2.10. The number of halogens is 1. The first-order valence-corrected chi connectivity index (χ1v) is 7.65. The molecule has 1 aliphatic heterocycles. The van der Waals surface area contributed by atoms with Crippen LogP contribution in [0.15, 0.2) is 27.8 Å². The molecule has 1 fully saturated rings. The molecule has 1 saturated heterocycles. The van der Waals surface area contributed by atoms with Crippen LogP contribution in [0.2, 0.25) is 0 Å². The van der Waals surface area contributed by atoms with Gasteiger partial charge >= 0.3 is 0 Å². The maximum absolute atomic E-state index is 5.29. The summed E-state index contributed by atoms with van der Waals surface area (Å²) in [4.78, 5) is 7.05. The Labute approximate surface area is 144 Å². The highest BCUT2D eigenvalue weighted by molar-refractivity contribution is 14.0. The average Bonchev–Trinajstić information content (AvgIpc) is 3.13. The molecule has 0 unspecified atom stereocenters. The Hall–Kier alpha value is -0.760. The summed E-state index contributed by atoms with van der Waals surface area (Å²) in [5, 5.41) is 6.63. The standard InChI is InChI=1S/C15H26N4O.HI/c1-2-16-15(18-13-14-7-5-12-20-14)17-8-6-11-19-9-3-4-10-19;/h5,7,12H,2-4,6,8-11,13H2,1H3,(H2,16,17,18);1H. The molecule has 1 aromatic heterocycles. The summed E-state index contributed by atoms with van der Waals surface area (Å²) < 4.78 is 5.29. The predicted octanol–water partition coefficient (Wildman–Crippen LogP) is 2.44. The number of hydrogen-bond donors (Lipinski definition) is 2. The molecule has 0 atom stereocenters. The third-order valence-electron chi connectivity index (χ3n) is 3.46. The van der Waals surface area contributed by atoms with Gasteiger partial charge in [0.1, 0.15) is 12.3 Å². The number of guanidine groups is 1. The van der Waals surface area contributed by atoms with Crippen LogP contribution in [0.1, 0.15) is 31.9 Å². The number of nitrogens with one attached hydrogen (secondary N) is 2. The van der Waals surface area contributed by atoms with Crippen molar-refractivity contribution in [3.63, 3.8) is 0 Å². The van der Waals surface area contributed by atoms with E-state index in [0.717, 1.165) is 31.2 Å². The van der Waals surface area contributed by atoms with Crippen LogP contribution in [0.25, 0.3) is 0 Å².